The average Bonchev–Trinajstić information content (AvgIpc) is 2.58. The van der Waals surface area contributed by atoms with E-state index < -0.39 is 12.1 Å². The van der Waals surface area contributed by atoms with Gasteiger partial charge in [-0.2, -0.15) is 0 Å². The third kappa shape index (κ3) is 3.17. The molecule has 2 N–H and O–H groups in total. The zero-order valence-electron chi connectivity index (χ0n) is 13.3. The fraction of sp³-hybridized carbons (Fsp3) is 0.222. The minimum Gasteiger partial charge on any atom is -0.478 e. The molecule has 6 nitrogen and oxygen atoms in total. The maximum atomic E-state index is 12.8. The summed E-state index contributed by atoms with van der Waals surface area (Å²) < 4.78 is 10.5. The molecule has 1 heterocycles. The molecule has 0 radical (unpaired) electrons. The smallest absolute Gasteiger partial charge is 0.325 e. The number of nitrogens with two attached hydrogens (primary N) is 1. The number of para-hydroxylation sites is 2. The van der Waals surface area contributed by atoms with Gasteiger partial charge in [-0.1, -0.05) is 24.3 Å². The second-order valence-corrected chi connectivity index (χ2v) is 5.52. The second kappa shape index (κ2) is 6.62. The minimum absolute atomic E-state index is 0.150. The molecule has 0 saturated heterocycles. The number of ether oxygens (including phenoxy) is 2. The van der Waals surface area contributed by atoms with Crippen molar-refractivity contribution in [3.05, 3.63) is 54.1 Å². The van der Waals surface area contributed by atoms with Crippen molar-refractivity contribution < 1.29 is 19.1 Å². The first kappa shape index (κ1) is 15.9. The number of carbonyl (C=O) groups is 2. The van der Waals surface area contributed by atoms with E-state index in [0.717, 1.165) is 5.56 Å². The first-order chi connectivity index (χ1) is 11.6. The topological polar surface area (TPSA) is 81.9 Å². The van der Waals surface area contributed by atoms with Gasteiger partial charge in [-0.25, -0.2) is 0 Å². The molecule has 0 spiro atoms. The van der Waals surface area contributed by atoms with E-state index >= 15 is 0 Å². The van der Waals surface area contributed by atoms with Crippen LogP contribution in [0.5, 0.6) is 5.75 Å². The number of benzene rings is 2. The first-order valence-electron chi connectivity index (χ1n) is 7.57. The quantitative estimate of drug-likeness (QED) is 0.684. The van der Waals surface area contributed by atoms with Gasteiger partial charge in [-0.15, -0.1) is 0 Å². The normalized spacial score (nSPS) is 16.3. The van der Waals surface area contributed by atoms with E-state index in [1.165, 1.54) is 12.0 Å². The van der Waals surface area contributed by atoms with Gasteiger partial charge >= 0.3 is 5.97 Å². The molecular formula is C18H18N2O4. The van der Waals surface area contributed by atoms with Gasteiger partial charge < -0.3 is 15.2 Å². The molecule has 0 fully saturated rings. The molecule has 0 aliphatic carbocycles. The molecule has 1 aliphatic heterocycles. The monoisotopic (exact) mass is 326 g/mol. The number of carbonyl (C=O) groups excluding carboxylic acids is 2. The Hall–Kier alpha value is -3.02. The lowest BCUT2D eigenvalue weighted by Crippen LogP contribution is -2.49. The van der Waals surface area contributed by atoms with Gasteiger partial charge in [0, 0.05) is 12.1 Å². The third-order valence-corrected chi connectivity index (χ3v) is 3.85. The van der Waals surface area contributed by atoms with E-state index in [2.05, 4.69) is 0 Å². The number of rotatable bonds is 4. The summed E-state index contributed by atoms with van der Waals surface area (Å²) in [5, 5.41) is 0. The van der Waals surface area contributed by atoms with Crippen LogP contribution >= 0.6 is 0 Å². The third-order valence-electron chi connectivity index (χ3n) is 3.85. The molecule has 6 heteroatoms. The molecule has 2 aromatic carbocycles. The zero-order valence-corrected chi connectivity index (χ0v) is 13.3. The largest absolute Gasteiger partial charge is 0.478 e. The number of hydrogen-bond acceptors (Lipinski definition) is 5. The lowest BCUT2D eigenvalue weighted by molar-refractivity contribution is -0.140. The molecule has 1 amide bonds. The molecule has 1 aliphatic rings. The molecule has 1 unspecified atom stereocenters. The van der Waals surface area contributed by atoms with Crippen LogP contribution in [-0.2, 0) is 20.7 Å². The molecule has 0 aromatic heterocycles. The van der Waals surface area contributed by atoms with E-state index in [1.807, 2.05) is 24.3 Å². The number of fused-ring (bicyclic) bond motifs is 1. The van der Waals surface area contributed by atoms with E-state index in [0.29, 0.717) is 23.5 Å². The van der Waals surface area contributed by atoms with Gasteiger partial charge in [0.1, 0.15) is 12.3 Å². The Balaban J connectivity index is 1.89. The van der Waals surface area contributed by atoms with Gasteiger partial charge in [0.15, 0.2) is 6.10 Å². The summed E-state index contributed by atoms with van der Waals surface area (Å²) in [6.07, 6.45) is -0.345. The van der Waals surface area contributed by atoms with Crippen molar-refractivity contribution in [3.63, 3.8) is 0 Å². The van der Waals surface area contributed by atoms with Gasteiger partial charge in [-0.3, -0.25) is 14.5 Å². The van der Waals surface area contributed by atoms with Crippen LogP contribution in [0.1, 0.15) is 5.56 Å². The molecule has 3 rings (SSSR count). The summed E-state index contributed by atoms with van der Waals surface area (Å²) in [4.78, 5) is 25.9. The van der Waals surface area contributed by atoms with E-state index in [1.54, 1.807) is 24.3 Å². The van der Waals surface area contributed by atoms with E-state index in [4.69, 9.17) is 15.2 Å². The number of hydrogen-bond donors (Lipinski definition) is 1. The molecular weight excluding hydrogens is 308 g/mol. The van der Waals surface area contributed by atoms with E-state index in [9.17, 15) is 9.59 Å². The highest BCUT2D eigenvalue weighted by Crippen LogP contribution is 2.34. The Morgan fingerprint density at radius 1 is 1.25 bits per heavy atom. The summed E-state index contributed by atoms with van der Waals surface area (Å²) >= 11 is 0. The van der Waals surface area contributed by atoms with Crippen molar-refractivity contribution >= 4 is 23.3 Å². The minimum atomic E-state index is -0.716. The predicted octanol–water partition coefficient (Wildman–Crippen LogP) is 1.78. The Bertz CT molecular complexity index is 775. The van der Waals surface area contributed by atoms with E-state index in [-0.39, 0.29) is 12.5 Å². The highest BCUT2D eigenvalue weighted by molar-refractivity contribution is 6.03. The standard InChI is InChI=1S/C18H18N2O4/c1-23-17(21)11-20-14-7-2-3-8-15(14)24-16(18(20)22)10-12-5-4-6-13(19)9-12/h2-9,16H,10-11,19H2,1H3. The van der Waals surface area contributed by atoms with Crippen LogP contribution in [0, 0.1) is 0 Å². The van der Waals surface area contributed by atoms with Crippen molar-refractivity contribution in [2.75, 3.05) is 24.3 Å². The number of esters is 1. The van der Waals surface area contributed by atoms with Gasteiger partial charge in [-0.05, 0) is 29.8 Å². The Kier molecular flexibility index (Phi) is 4.37. The maximum Gasteiger partial charge on any atom is 0.325 e. The van der Waals surface area contributed by atoms with Crippen LogP contribution < -0.4 is 15.4 Å². The zero-order chi connectivity index (χ0) is 17.1. The molecule has 124 valence electrons. The molecule has 0 bridgehead atoms. The van der Waals surface area contributed by atoms with Crippen molar-refractivity contribution in [2.24, 2.45) is 0 Å². The van der Waals surface area contributed by atoms with Crippen LogP contribution in [0.15, 0.2) is 48.5 Å². The van der Waals surface area contributed by atoms with Gasteiger partial charge in [0.05, 0.1) is 12.8 Å². The van der Waals surface area contributed by atoms with Crippen molar-refractivity contribution in [3.8, 4) is 5.75 Å². The van der Waals surface area contributed by atoms with Crippen LogP contribution in [0.3, 0.4) is 0 Å². The summed E-state index contributed by atoms with van der Waals surface area (Å²) in [6, 6.07) is 14.4. The number of amides is 1. The Morgan fingerprint density at radius 2 is 2.04 bits per heavy atom. The highest BCUT2D eigenvalue weighted by Gasteiger charge is 2.35. The summed E-state index contributed by atoms with van der Waals surface area (Å²) in [6.45, 7) is -0.150. The second-order valence-electron chi connectivity index (χ2n) is 5.52. The first-order valence-corrected chi connectivity index (χ1v) is 7.57. The maximum absolute atomic E-state index is 12.8. The fourth-order valence-electron chi connectivity index (χ4n) is 2.70. The van der Waals surface area contributed by atoms with Gasteiger partial charge in [0.2, 0.25) is 0 Å². The number of anilines is 2. The average molecular weight is 326 g/mol. The lowest BCUT2D eigenvalue weighted by atomic mass is 10.0. The van der Waals surface area contributed by atoms with Crippen LogP contribution in [0.2, 0.25) is 0 Å². The molecule has 2 aromatic rings. The molecule has 0 saturated carbocycles. The summed E-state index contributed by atoms with van der Waals surface area (Å²) in [5.41, 5.74) is 7.88. The summed E-state index contributed by atoms with van der Waals surface area (Å²) in [5.74, 6) is -0.195. The molecule has 1 atom stereocenters. The van der Waals surface area contributed by atoms with Crippen molar-refractivity contribution in [1.82, 2.24) is 0 Å². The Morgan fingerprint density at radius 3 is 2.79 bits per heavy atom. The fourth-order valence-corrected chi connectivity index (χ4v) is 2.70. The summed E-state index contributed by atoms with van der Waals surface area (Å²) in [7, 11) is 1.30. The Labute approximate surface area is 139 Å². The highest BCUT2D eigenvalue weighted by atomic mass is 16.5. The lowest BCUT2D eigenvalue weighted by Gasteiger charge is -2.33. The SMILES string of the molecule is COC(=O)CN1C(=O)C(Cc2cccc(N)c2)Oc2ccccc21. The molecule has 24 heavy (non-hydrogen) atoms. The van der Waals surface area contributed by atoms with Crippen molar-refractivity contribution in [1.29, 1.82) is 0 Å². The number of nitrogen functional groups attached to an aromatic ring is 1. The van der Waals surface area contributed by atoms with Crippen molar-refractivity contribution in [2.45, 2.75) is 12.5 Å². The number of nitrogens with zero attached hydrogens (tertiary/aromatic N) is 1. The van der Waals surface area contributed by atoms with Crippen LogP contribution in [-0.4, -0.2) is 31.6 Å². The predicted molar refractivity (Wildman–Crippen MR) is 89.8 cm³/mol. The van der Waals surface area contributed by atoms with Crippen LogP contribution in [0.25, 0.3) is 0 Å². The van der Waals surface area contributed by atoms with Gasteiger partial charge in [0.25, 0.3) is 5.91 Å². The number of methoxy groups -OCH3 is 1. The van der Waals surface area contributed by atoms with Crippen LogP contribution in [0.4, 0.5) is 11.4 Å².